The molecular weight excluding hydrogens is 162 g/mol. The summed E-state index contributed by atoms with van der Waals surface area (Å²) in [6, 6.07) is 0. The standard InChI is InChI=1S/C7H7NO2S/c1-5(7(9)10)2-6-3-11-4-8-6/h2-4H,1H3,(H,9,10). The van der Waals surface area contributed by atoms with E-state index in [4.69, 9.17) is 5.11 Å². The molecule has 3 nitrogen and oxygen atoms in total. The number of carbonyl (C=O) groups is 1. The fourth-order valence-electron chi connectivity index (χ4n) is 0.577. The molecule has 1 heterocycles. The molecule has 1 N–H and O–H groups in total. The Morgan fingerprint density at radius 3 is 3.00 bits per heavy atom. The maximum atomic E-state index is 10.3. The summed E-state index contributed by atoms with van der Waals surface area (Å²) in [5.74, 6) is -0.905. The first-order valence-electron chi connectivity index (χ1n) is 3.00. The van der Waals surface area contributed by atoms with Gasteiger partial charge in [0.1, 0.15) is 0 Å². The van der Waals surface area contributed by atoms with Crippen LogP contribution < -0.4 is 0 Å². The van der Waals surface area contributed by atoms with Crippen molar-refractivity contribution in [2.75, 3.05) is 0 Å². The van der Waals surface area contributed by atoms with E-state index in [1.165, 1.54) is 11.3 Å². The third kappa shape index (κ3) is 2.16. The van der Waals surface area contributed by atoms with E-state index in [1.54, 1.807) is 23.9 Å². The number of aromatic nitrogens is 1. The molecule has 11 heavy (non-hydrogen) atoms. The molecular formula is C7H7NO2S. The van der Waals surface area contributed by atoms with Gasteiger partial charge in [-0.05, 0) is 13.0 Å². The molecule has 0 spiro atoms. The molecule has 0 fully saturated rings. The summed E-state index contributed by atoms with van der Waals surface area (Å²) in [6.45, 7) is 1.54. The molecule has 0 radical (unpaired) electrons. The van der Waals surface area contributed by atoms with Gasteiger partial charge < -0.3 is 5.11 Å². The zero-order valence-electron chi connectivity index (χ0n) is 5.94. The number of thiazole rings is 1. The molecule has 0 saturated carbocycles. The molecule has 0 aliphatic rings. The summed E-state index contributed by atoms with van der Waals surface area (Å²) < 4.78 is 0. The monoisotopic (exact) mass is 169 g/mol. The molecule has 1 rings (SSSR count). The fourth-order valence-corrected chi connectivity index (χ4v) is 1.09. The van der Waals surface area contributed by atoms with Gasteiger partial charge in [0.15, 0.2) is 0 Å². The number of hydrogen-bond acceptors (Lipinski definition) is 3. The topological polar surface area (TPSA) is 50.2 Å². The van der Waals surface area contributed by atoms with Crippen LogP contribution in [0.2, 0.25) is 0 Å². The van der Waals surface area contributed by atoms with Gasteiger partial charge in [-0.15, -0.1) is 11.3 Å². The SMILES string of the molecule is CC(=Cc1cscn1)C(=O)O. The summed E-state index contributed by atoms with van der Waals surface area (Å²) >= 11 is 1.44. The highest BCUT2D eigenvalue weighted by molar-refractivity contribution is 7.07. The second-order valence-electron chi connectivity index (χ2n) is 2.05. The number of hydrogen-bond donors (Lipinski definition) is 1. The van der Waals surface area contributed by atoms with Crippen LogP contribution in [-0.2, 0) is 4.79 Å². The minimum atomic E-state index is -0.905. The van der Waals surface area contributed by atoms with Gasteiger partial charge >= 0.3 is 5.97 Å². The predicted octanol–water partition coefficient (Wildman–Crippen LogP) is 1.63. The predicted molar refractivity (Wildman–Crippen MR) is 43.4 cm³/mol. The van der Waals surface area contributed by atoms with Crippen LogP contribution in [0.1, 0.15) is 12.6 Å². The smallest absolute Gasteiger partial charge is 0.331 e. The van der Waals surface area contributed by atoms with Gasteiger partial charge in [-0.1, -0.05) is 0 Å². The van der Waals surface area contributed by atoms with E-state index in [9.17, 15) is 4.79 Å². The van der Waals surface area contributed by atoms with Gasteiger partial charge in [-0.25, -0.2) is 9.78 Å². The molecule has 0 aliphatic heterocycles. The Hall–Kier alpha value is -1.16. The maximum absolute atomic E-state index is 10.3. The molecule has 1 aromatic heterocycles. The summed E-state index contributed by atoms with van der Waals surface area (Å²) in [7, 11) is 0. The second-order valence-corrected chi connectivity index (χ2v) is 2.76. The normalized spacial score (nSPS) is 11.5. The van der Waals surface area contributed by atoms with Crippen LogP contribution in [-0.4, -0.2) is 16.1 Å². The highest BCUT2D eigenvalue weighted by Crippen LogP contribution is 2.06. The molecule has 0 aromatic carbocycles. The molecule has 1 aromatic rings. The second kappa shape index (κ2) is 3.30. The van der Waals surface area contributed by atoms with E-state index in [2.05, 4.69) is 4.98 Å². The highest BCUT2D eigenvalue weighted by Gasteiger charge is 1.99. The van der Waals surface area contributed by atoms with Crippen LogP contribution in [0.25, 0.3) is 6.08 Å². The first-order valence-corrected chi connectivity index (χ1v) is 3.94. The third-order valence-electron chi connectivity index (χ3n) is 1.15. The highest BCUT2D eigenvalue weighted by atomic mass is 32.1. The minimum absolute atomic E-state index is 0.302. The van der Waals surface area contributed by atoms with E-state index in [-0.39, 0.29) is 0 Å². The molecule has 0 bridgehead atoms. The van der Waals surface area contributed by atoms with Crippen molar-refractivity contribution in [2.24, 2.45) is 0 Å². The molecule has 4 heteroatoms. The van der Waals surface area contributed by atoms with Gasteiger partial charge in [0.25, 0.3) is 0 Å². The molecule has 0 saturated heterocycles. The van der Waals surface area contributed by atoms with E-state index < -0.39 is 5.97 Å². The summed E-state index contributed by atoms with van der Waals surface area (Å²) in [6.07, 6.45) is 1.54. The van der Waals surface area contributed by atoms with Crippen molar-refractivity contribution in [1.82, 2.24) is 4.98 Å². The zero-order chi connectivity index (χ0) is 8.27. The Balaban J connectivity index is 2.82. The van der Waals surface area contributed by atoms with E-state index in [0.29, 0.717) is 11.3 Å². The van der Waals surface area contributed by atoms with Crippen LogP contribution in [0.3, 0.4) is 0 Å². The van der Waals surface area contributed by atoms with Crippen molar-refractivity contribution in [2.45, 2.75) is 6.92 Å². The van der Waals surface area contributed by atoms with Gasteiger partial charge in [0.2, 0.25) is 0 Å². The average Bonchev–Trinajstić information content (AvgIpc) is 2.39. The Labute approximate surface area is 68.0 Å². The minimum Gasteiger partial charge on any atom is -0.478 e. The lowest BCUT2D eigenvalue weighted by molar-refractivity contribution is -0.132. The third-order valence-corrected chi connectivity index (χ3v) is 1.76. The summed E-state index contributed by atoms with van der Waals surface area (Å²) in [5.41, 5.74) is 2.67. The lowest BCUT2D eigenvalue weighted by Crippen LogP contribution is -1.95. The quantitative estimate of drug-likeness (QED) is 0.684. The largest absolute Gasteiger partial charge is 0.478 e. The van der Waals surface area contributed by atoms with Crippen LogP contribution in [0.5, 0.6) is 0 Å². The lowest BCUT2D eigenvalue weighted by atomic mass is 10.2. The van der Waals surface area contributed by atoms with E-state index in [1.807, 2.05) is 0 Å². The summed E-state index contributed by atoms with van der Waals surface area (Å²) in [4.78, 5) is 14.3. The van der Waals surface area contributed by atoms with Crippen molar-refractivity contribution >= 4 is 23.4 Å². The van der Waals surface area contributed by atoms with Crippen molar-refractivity contribution in [3.05, 3.63) is 22.2 Å². The van der Waals surface area contributed by atoms with Crippen LogP contribution in [0.15, 0.2) is 16.5 Å². The first-order chi connectivity index (χ1) is 5.20. The fraction of sp³-hybridized carbons (Fsp3) is 0.143. The molecule has 58 valence electrons. The average molecular weight is 169 g/mol. The first kappa shape index (κ1) is 7.94. The summed E-state index contributed by atoms with van der Waals surface area (Å²) in [5, 5.41) is 10.3. The number of nitrogens with zero attached hydrogens (tertiary/aromatic N) is 1. The molecule has 0 unspecified atom stereocenters. The Morgan fingerprint density at radius 2 is 2.55 bits per heavy atom. The van der Waals surface area contributed by atoms with Crippen LogP contribution >= 0.6 is 11.3 Å². The Kier molecular flexibility index (Phi) is 2.38. The Bertz CT molecular complexity index is 277. The van der Waals surface area contributed by atoms with Crippen LogP contribution in [0.4, 0.5) is 0 Å². The van der Waals surface area contributed by atoms with Crippen LogP contribution in [0, 0.1) is 0 Å². The van der Waals surface area contributed by atoms with Gasteiger partial charge in [0.05, 0.1) is 11.2 Å². The molecule has 0 aliphatic carbocycles. The number of rotatable bonds is 2. The number of aliphatic carboxylic acids is 1. The van der Waals surface area contributed by atoms with Crippen molar-refractivity contribution in [3.63, 3.8) is 0 Å². The Morgan fingerprint density at radius 1 is 1.82 bits per heavy atom. The molecule has 0 amide bonds. The van der Waals surface area contributed by atoms with Crippen molar-refractivity contribution < 1.29 is 9.90 Å². The zero-order valence-corrected chi connectivity index (χ0v) is 6.76. The van der Waals surface area contributed by atoms with Gasteiger partial charge in [0, 0.05) is 11.0 Å². The van der Waals surface area contributed by atoms with Crippen molar-refractivity contribution in [3.8, 4) is 0 Å². The van der Waals surface area contributed by atoms with Gasteiger partial charge in [-0.2, -0.15) is 0 Å². The number of carboxylic acid groups (broad SMARTS) is 1. The lowest BCUT2D eigenvalue weighted by Gasteiger charge is -1.88. The molecule has 0 atom stereocenters. The van der Waals surface area contributed by atoms with Crippen molar-refractivity contribution in [1.29, 1.82) is 0 Å². The number of carboxylic acids is 1. The van der Waals surface area contributed by atoms with E-state index in [0.717, 1.165) is 0 Å². The van der Waals surface area contributed by atoms with Gasteiger partial charge in [-0.3, -0.25) is 0 Å². The maximum Gasteiger partial charge on any atom is 0.331 e. The van der Waals surface area contributed by atoms with E-state index >= 15 is 0 Å².